The molecule has 16 heavy (non-hydrogen) atoms. The van der Waals surface area contributed by atoms with E-state index in [1.807, 2.05) is 6.20 Å². The highest BCUT2D eigenvalue weighted by atomic mass is 32.1. The molecule has 1 aromatic rings. The van der Waals surface area contributed by atoms with E-state index in [4.69, 9.17) is 0 Å². The van der Waals surface area contributed by atoms with Crippen molar-refractivity contribution in [2.75, 3.05) is 13.1 Å². The van der Waals surface area contributed by atoms with Gasteiger partial charge in [-0.15, -0.1) is 0 Å². The molecule has 1 aromatic heterocycles. The van der Waals surface area contributed by atoms with Gasteiger partial charge in [-0.2, -0.15) is 13.5 Å². The molecule has 0 amide bonds. The van der Waals surface area contributed by atoms with Crippen molar-refractivity contribution in [3.8, 4) is 0 Å². The fourth-order valence-electron chi connectivity index (χ4n) is 2.03. The SMILES string of the molecule is C.Cc1cc(CC2CCNC2)cnc1C.S. The minimum Gasteiger partial charge on any atom is -0.316 e. The Balaban J connectivity index is 0.00000112. The van der Waals surface area contributed by atoms with Crippen LogP contribution >= 0.6 is 13.5 Å². The van der Waals surface area contributed by atoms with Gasteiger partial charge in [-0.1, -0.05) is 13.5 Å². The number of aryl methyl sites for hydroxylation is 2. The Kier molecular flexibility index (Phi) is 6.68. The van der Waals surface area contributed by atoms with Crippen LogP contribution in [0.2, 0.25) is 0 Å². The third-order valence-electron chi connectivity index (χ3n) is 3.08. The molecule has 0 aromatic carbocycles. The van der Waals surface area contributed by atoms with Gasteiger partial charge in [0.2, 0.25) is 0 Å². The van der Waals surface area contributed by atoms with E-state index in [0.29, 0.717) is 0 Å². The molecular formula is C13H24N2S. The van der Waals surface area contributed by atoms with Crippen molar-refractivity contribution >= 4 is 13.5 Å². The Morgan fingerprint density at radius 3 is 2.75 bits per heavy atom. The molecule has 1 saturated heterocycles. The first kappa shape index (κ1) is 15.5. The number of nitrogens with zero attached hydrogens (tertiary/aromatic N) is 1. The van der Waals surface area contributed by atoms with E-state index < -0.39 is 0 Å². The van der Waals surface area contributed by atoms with E-state index in [9.17, 15) is 0 Å². The summed E-state index contributed by atoms with van der Waals surface area (Å²) in [7, 11) is 0. The van der Waals surface area contributed by atoms with Gasteiger partial charge in [-0.3, -0.25) is 4.98 Å². The summed E-state index contributed by atoms with van der Waals surface area (Å²) in [6.07, 6.45) is 4.52. The van der Waals surface area contributed by atoms with E-state index >= 15 is 0 Å². The molecule has 1 aliphatic heterocycles. The van der Waals surface area contributed by atoms with Crippen molar-refractivity contribution in [2.45, 2.75) is 34.1 Å². The average Bonchev–Trinajstić information content (AvgIpc) is 2.64. The van der Waals surface area contributed by atoms with Gasteiger partial charge in [-0.25, -0.2) is 0 Å². The highest BCUT2D eigenvalue weighted by Gasteiger charge is 2.14. The number of nitrogens with one attached hydrogen (secondary N) is 1. The molecule has 1 aliphatic rings. The van der Waals surface area contributed by atoms with Crippen LogP contribution in [0.1, 0.15) is 30.7 Å². The Bertz CT molecular complexity index is 320. The Labute approximate surface area is 106 Å². The van der Waals surface area contributed by atoms with E-state index in [1.54, 1.807) is 0 Å². The van der Waals surface area contributed by atoms with Gasteiger partial charge < -0.3 is 5.32 Å². The summed E-state index contributed by atoms with van der Waals surface area (Å²) >= 11 is 0. The predicted molar refractivity (Wildman–Crippen MR) is 75.5 cm³/mol. The Hall–Kier alpha value is -0.540. The molecule has 0 aliphatic carbocycles. The molecule has 0 saturated carbocycles. The lowest BCUT2D eigenvalue weighted by atomic mass is 9.99. The lowest BCUT2D eigenvalue weighted by Crippen LogP contribution is -2.11. The lowest BCUT2D eigenvalue weighted by molar-refractivity contribution is 0.578. The van der Waals surface area contributed by atoms with Crippen LogP contribution in [0.3, 0.4) is 0 Å². The molecule has 1 fully saturated rings. The van der Waals surface area contributed by atoms with Gasteiger partial charge >= 0.3 is 0 Å². The number of rotatable bonds is 2. The number of hydrogen-bond acceptors (Lipinski definition) is 2. The maximum absolute atomic E-state index is 4.40. The van der Waals surface area contributed by atoms with Crippen LogP contribution in [0.25, 0.3) is 0 Å². The molecule has 1 atom stereocenters. The molecule has 2 nitrogen and oxygen atoms in total. The molecule has 1 N–H and O–H groups in total. The third-order valence-corrected chi connectivity index (χ3v) is 3.08. The highest BCUT2D eigenvalue weighted by molar-refractivity contribution is 7.59. The molecule has 92 valence electrons. The van der Waals surface area contributed by atoms with Crippen LogP contribution in [0.4, 0.5) is 0 Å². The van der Waals surface area contributed by atoms with Crippen LogP contribution in [0.15, 0.2) is 12.3 Å². The van der Waals surface area contributed by atoms with Crippen molar-refractivity contribution in [3.05, 3.63) is 29.1 Å². The number of pyridine rings is 1. The molecule has 3 heteroatoms. The zero-order valence-corrected chi connectivity index (χ0v) is 10.5. The second-order valence-corrected chi connectivity index (χ2v) is 4.31. The van der Waals surface area contributed by atoms with Gasteiger partial charge in [0.1, 0.15) is 0 Å². The van der Waals surface area contributed by atoms with Gasteiger partial charge in [0.05, 0.1) is 0 Å². The summed E-state index contributed by atoms with van der Waals surface area (Å²) in [6, 6.07) is 2.28. The topological polar surface area (TPSA) is 24.9 Å². The quantitative estimate of drug-likeness (QED) is 0.859. The molecule has 0 radical (unpaired) electrons. The van der Waals surface area contributed by atoms with E-state index in [2.05, 4.69) is 30.2 Å². The van der Waals surface area contributed by atoms with Gasteiger partial charge in [0, 0.05) is 11.9 Å². The van der Waals surface area contributed by atoms with Crippen molar-refractivity contribution in [1.29, 1.82) is 0 Å². The van der Waals surface area contributed by atoms with Crippen molar-refractivity contribution in [1.82, 2.24) is 10.3 Å². The zero-order valence-electron chi connectivity index (χ0n) is 9.51. The maximum atomic E-state index is 4.40. The monoisotopic (exact) mass is 240 g/mol. The molecule has 2 rings (SSSR count). The molecule has 2 heterocycles. The summed E-state index contributed by atoms with van der Waals surface area (Å²) in [6.45, 7) is 6.56. The summed E-state index contributed by atoms with van der Waals surface area (Å²) in [5.41, 5.74) is 3.86. The minimum atomic E-state index is 0. The average molecular weight is 240 g/mol. The van der Waals surface area contributed by atoms with Crippen molar-refractivity contribution in [2.24, 2.45) is 5.92 Å². The molecule has 1 unspecified atom stereocenters. The molecule has 0 spiro atoms. The largest absolute Gasteiger partial charge is 0.316 e. The fourth-order valence-corrected chi connectivity index (χ4v) is 2.03. The molecule has 0 bridgehead atoms. The Morgan fingerprint density at radius 1 is 1.44 bits per heavy atom. The Morgan fingerprint density at radius 2 is 2.19 bits per heavy atom. The van der Waals surface area contributed by atoms with Crippen LogP contribution in [-0.4, -0.2) is 18.1 Å². The fraction of sp³-hybridized carbons (Fsp3) is 0.615. The molecular weight excluding hydrogens is 216 g/mol. The minimum absolute atomic E-state index is 0. The first-order valence-corrected chi connectivity index (χ1v) is 5.38. The van der Waals surface area contributed by atoms with E-state index in [-0.39, 0.29) is 20.9 Å². The second-order valence-electron chi connectivity index (χ2n) is 4.31. The van der Waals surface area contributed by atoms with Gasteiger partial charge in [0.25, 0.3) is 0 Å². The van der Waals surface area contributed by atoms with Crippen molar-refractivity contribution < 1.29 is 0 Å². The van der Waals surface area contributed by atoms with Crippen LogP contribution < -0.4 is 5.32 Å². The summed E-state index contributed by atoms with van der Waals surface area (Å²) < 4.78 is 0. The van der Waals surface area contributed by atoms with Gasteiger partial charge in [-0.05, 0) is 56.8 Å². The number of aromatic nitrogens is 1. The first-order chi connectivity index (χ1) is 6.75. The predicted octanol–water partition coefficient (Wildman–Crippen LogP) is 2.60. The summed E-state index contributed by atoms with van der Waals surface area (Å²) in [4.78, 5) is 4.40. The van der Waals surface area contributed by atoms with E-state index in [1.165, 1.54) is 37.1 Å². The lowest BCUT2D eigenvalue weighted by Gasteiger charge is -2.09. The highest BCUT2D eigenvalue weighted by Crippen LogP contribution is 2.16. The smallest absolute Gasteiger partial charge is 0.0401 e. The van der Waals surface area contributed by atoms with Crippen LogP contribution in [0, 0.1) is 19.8 Å². The summed E-state index contributed by atoms with van der Waals surface area (Å²) in [5.74, 6) is 0.818. The first-order valence-electron chi connectivity index (χ1n) is 5.38. The third kappa shape index (κ3) is 3.80. The van der Waals surface area contributed by atoms with Crippen LogP contribution in [0.5, 0.6) is 0 Å². The van der Waals surface area contributed by atoms with Crippen LogP contribution in [-0.2, 0) is 6.42 Å². The summed E-state index contributed by atoms with van der Waals surface area (Å²) in [5, 5.41) is 3.40. The van der Waals surface area contributed by atoms with Crippen molar-refractivity contribution in [3.63, 3.8) is 0 Å². The van der Waals surface area contributed by atoms with E-state index in [0.717, 1.165) is 11.6 Å². The maximum Gasteiger partial charge on any atom is 0.0401 e. The zero-order chi connectivity index (χ0) is 9.97. The standard InChI is InChI=1S/C12H18N2.CH4.H2S/c1-9-5-12(8-14-10(9)2)6-11-3-4-13-7-11;;/h5,8,11,13H,3-4,6-7H2,1-2H3;1H4;1H2. The number of hydrogen-bond donors (Lipinski definition) is 1. The van der Waals surface area contributed by atoms with Gasteiger partial charge in [0.15, 0.2) is 0 Å². The normalized spacial score (nSPS) is 18.8. The second kappa shape index (κ2) is 6.92.